The molecule has 0 bridgehead atoms. The Balaban J connectivity index is 1.99. The molecule has 2 aromatic carbocycles. The fourth-order valence-corrected chi connectivity index (χ4v) is 17.2. The minimum atomic E-state index is -2.91. The lowest BCUT2D eigenvalue weighted by atomic mass is 10.1. The molecule has 0 N–H and O–H groups in total. The van der Waals surface area contributed by atoms with Gasteiger partial charge in [0.25, 0.3) is 0 Å². The number of unbranched alkanes of at least 4 members (excludes halogenated alkanes) is 13. The van der Waals surface area contributed by atoms with E-state index in [2.05, 4.69) is 52.0 Å². The molecule has 280 valence electrons. The van der Waals surface area contributed by atoms with Gasteiger partial charge in [-0.2, -0.15) is 0 Å². The van der Waals surface area contributed by atoms with E-state index in [0.717, 1.165) is 42.1 Å². The SMILES string of the molecule is CCCCCCCCCCCC[Si](OC(=O)/C=C\C(=O)OCCCC[Si](CCCC)(CCCC)CCCC)(c1ccccc1)c1ccccc1. The molecule has 0 heterocycles. The van der Waals surface area contributed by atoms with Crippen molar-refractivity contribution in [2.75, 3.05) is 6.61 Å². The second-order valence-corrected chi connectivity index (χ2v) is 23.2. The summed E-state index contributed by atoms with van der Waals surface area (Å²) in [5, 5.41) is 2.17. The molecule has 4 nitrogen and oxygen atoms in total. The van der Waals surface area contributed by atoms with E-state index in [-0.39, 0.29) is 0 Å². The zero-order valence-corrected chi connectivity index (χ0v) is 34.5. The van der Waals surface area contributed by atoms with Gasteiger partial charge in [-0.1, -0.05) is 222 Å². The van der Waals surface area contributed by atoms with Crippen LogP contribution in [0.3, 0.4) is 0 Å². The molecule has 50 heavy (non-hydrogen) atoms. The number of benzene rings is 2. The lowest BCUT2D eigenvalue weighted by molar-refractivity contribution is -0.138. The summed E-state index contributed by atoms with van der Waals surface area (Å²) in [5.74, 6) is -0.929. The predicted molar refractivity (Wildman–Crippen MR) is 220 cm³/mol. The van der Waals surface area contributed by atoms with Gasteiger partial charge in [0.1, 0.15) is 0 Å². The van der Waals surface area contributed by atoms with Gasteiger partial charge >= 0.3 is 20.3 Å². The van der Waals surface area contributed by atoms with Crippen LogP contribution in [0.5, 0.6) is 0 Å². The third-order valence-electron chi connectivity index (χ3n) is 10.5. The smallest absolute Gasteiger partial charge is 0.331 e. The summed E-state index contributed by atoms with van der Waals surface area (Å²) in [5.41, 5.74) is 0. The van der Waals surface area contributed by atoms with Gasteiger partial charge in [-0.25, -0.2) is 9.59 Å². The molecule has 0 aliphatic heterocycles. The summed E-state index contributed by atoms with van der Waals surface area (Å²) in [6.07, 6.45) is 25.0. The summed E-state index contributed by atoms with van der Waals surface area (Å²) in [7, 11) is -4.19. The highest BCUT2D eigenvalue weighted by Gasteiger charge is 2.42. The zero-order valence-electron chi connectivity index (χ0n) is 32.5. The van der Waals surface area contributed by atoms with Crippen LogP contribution in [0.1, 0.15) is 143 Å². The van der Waals surface area contributed by atoms with Gasteiger partial charge in [-0.15, -0.1) is 0 Å². The summed E-state index contributed by atoms with van der Waals surface area (Å²) >= 11 is 0. The van der Waals surface area contributed by atoms with E-state index in [4.69, 9.17) is 9.16 Å². The predicted octanol–water partition coefficient (Wildman–Crippen LogP) is 11.9. The van der Waals surface area contributed by atoms with Gasteiger partial charge < -0.3 is 9.16 Å². The minimum Gasteiger partial charge on any atom is -0.507 e. The van der Waals surface area contributed by atoms with Crippen molar-refractivity contribution in [2.24, 2.45) is 0 Å². The molecule has 0 saturated carbocycles. The first kappa shape index (κ1) is 43.7. The maximum atomic E-state index is 13.5. The Kier molecular flexibility index (Phi) is 23.8. The quantitative estimate of drug-likeness (QED) is 0.0349. The Morgan fingerprint density at radius 2 is 0.880 bits per heavy atom. The highest BCUT2D eigenvalue weighted by Crippen LogP contribution is 2.33. The number of rotatable bonds is 30. The molecule has 0 unspecified atom stereocenters. The van der Waals surface area contributed by atoms with Crippen LogP contribution in [0, 0.1) is 0 Å². The van der Waals surface area contributed by atoms with Crippen LogP contribution in [-0.2, 0) is 18.8 Å². The highest BCUT2D eigenvalue weighted by atomic mass is 28.4. The maximum Gasteiger partial charge on any atom is 0.331 e. The highest BCUT2D eigenvalue weighted by molar-refractivity contribution is 6.98. The summed E-state index contributed by atoms with van der Waals surface area (Å²) in [4.78, 5) is 26.2. The minimum absolute atomic E-state index is 0.406. The second kappa shape index (κ2) is 27.2. The molecule has 0 aliphatic carbocycles. The van der Waals surface area contributed by atoms with Gasteiger partial charge in [0.15, 0.2) is 0 Å². The largest absolute Gasteiger partial charge is 0.507 e. The summed E-state index contributed by atoms with van der Waals surface area (Å²) < 4.78 is 12.1. The monoisotopic (exact) mass is 720 g/mol. The Labute approximate surface area is 309 Å². The Bertz CT molecular complexity index is 1110. The molecule has 0 saturated heterocycles. The van der Waals surface area contributed by atoms with Crippen LogP contribution < -0.4 is 10.4 Å². The molecule has 2 aromatic rings. The molecular formula is C44H72O4Si2. The topological polar surface area (TPSA) is 52.6 Å². The third kappa shape index (κ3) is 17.2. The van der Waals surface area contributed by atoms with Crippen molar-refractivity contribution in [3.05, 3.63) is 72.8 Å². The van der Waals surface area contributed by atoms with Crippen LogP contribution in [0.4, 0.5) is 0 Å². The van der Waals surface area contributed by atoms with Crippen LogP contribution in [0.15, 0.2) is 72.8 Å². The first-order valence-corrected chi connectivity index (χ1v) is 25.6. The summed E-state index contributed by atoms with van der Waals surface area (Å²) in [6.45, 7) is 9.60. The average molecular weight is 721 g/mol. The Morgan fingerprint density at radius 1 is 0.480 bits per heavy atom. The zero-order chi connectivity index (χ0) is 36.2. The molecule has 0 aliphatic rings. The summed E-state index contributed by atoms with van der Waals surface area (Å²) in [6, 6.07) is 27.1. The van der Waals surface area contributed by atoms with Gasteiger partial charge in [-0.3, -0.25) is 0 Å². The average Bonchev–Trinajstić information content (AvgIpc) is 3.15. The van der Waals surface area contributed by atoms with E-state index in [9.17, 15) is 9.59 Å². The maximum absolute atomic E-state index is 13.5. The molecule has 0 fully saturated rings. The van der Waals surface area contributed by atoms with E-state index in [1.54, 1.807) is 0 Å². The number of ether oxygens (including phenoxy) is 1. The lowest BCUT2D eigenvalue weighted by Crippen LogP contribution is -2.61. The molecule has 6 heteroatoms. The standard InChI is InChI=1S/C44H72O4Si2/c1-5-9-13-14-15-16-17-18-19-27-40-50(41-29-22-20-23-30-41,42-31-24-21-25-32-42)48-44(46)34-33-43(45)47-35-26-28-39-49(36-10-6-2,37-11-7-3)38-12-8-4/h20-25,29-34H,5-19,26-28,35-40H2,1-4H3/b34-33-. The van der Waals surface area contributed by atoms with E-state index in [0.29, 0.717) is 6.61 Å². The van der Waals surface area contributed by atoms with Crippen LogP contribution in [-0.4, -0.2) is 34.9 Å². The third-order valence-corrected chi connectivity index (χ3v) is 20.3. The fourth-order valence-electron chi connectivity index (χ4n) is 7.47. The number of carbonyl (C=O) groups excluding carboxylic acids is 2. The van der Waals surface area contributed by atoms with Crippen molar-refractivity contribution < 1.29 is 18.8 Å². The van der Waals surface area contributed by atoms with E-state index in [1.165, 1.54) is 126 Å². The Morgan fingerprint density at radius 3 is 1.36 bits per heavy atom. The first-order chi connectivity index (χ1) is 24.4. The van der Waals surface area contributed by atoms with Crippen LogP contribution in [0.2, 0.25) is 30.2 Å². The number of hydrogen-bond donors (Lipinski definition) is 0. The number of carbonyl (C=O) groups is 2. The van der Waals surface area contributed by atoms with Gasteiger partial charge in [0.2, 0.25) is 0 Å². The number of hydrogen-bond acceptors (Lipinski definition) is 4. The normalized spacial score (nSPS) is 12.0. The van der Waals surface area contributed by atoms with Gasteiger partial charge in [-0.05, 0) is 22.8 Å². The molecule has 0 aromatic heterocycles. The van der Waals surface area contributed by atoms with Crippen molar-refractivity contribution in [1.82, 2.24) is 0 Å². The molecule has 0 radical (unpaired) electrons. The molecule has 0 amide bonds. The van der Waals surface area contributed by atoms with Crippen molar-refractivity contribution in [2.45, 2.75) is 173 Å². The molecule has 0 spiro atoms. The Hall–Kier alpha value is -2.45. The molecule has 2 rings (SSSR count). The fraction of sp³-hybridized carbons (Fsp3) is 0.636. The van der Waals surface area contributed by atoms with Crippen molar-refractivity contribution in [3.63, 3.8) is 0 Å². The van der Waals surface area contributed by atoms with Gasteiger partial charge in [0.05, 0.1) is 14.7 Å². The van der Waals surface area contributed by atoms with Crippen molar-refractivity contribution in [3.8, 4) is 0 Å². The van der Waals surface area contributed by atoms with Crippen molar-refractivity contribution >= 4 is 38.7 Å². The lowest BCUT2D eigenvalue weighted by Gasteiger charge is -2.32. The van der Waals surface area contributed by atoms with E-state index < -0.39 is 28.3 Å². The first-order valence-electron chi connectivity index (χ1n) is 20.6. The number of esters is 1. The van der Waals surface area contributed by atoms with Crippen molar-refractivity contribution in [1.29, 1.82) is 0 Å². The molecule has 0 atom stereocenters. The van der Waals surface area contributed by atoms with Crippen LogP contribution in [0.25, 0.3) is 0 Å². The molecular weight excluding hydrogens is 649 g/mol. The van der Waals surface area contributed by atoms with Gasteiger partial charge in [0, 0.05) is 12.2 Å². The van der Waals surface area contributed by atoms with Crippen LogP contribution >= 0.6 is 0 Å². The van der Waals surface area contributed by atoms with E-state index >= 15 is 0 Å². The second-order valence-electron chi connectivity index (χ2n) is 14.7. The van der Waals surface area contributed by atoms with E-state index in [1.807, 2.05) is 36.4 Å².